The predicted octanol–water partition coefficient (Wildman–Crippen LogP) is 6.68. The van der Waals surface area contributed by atoms with Gasteiger partial charge in [0, 0.05) is 30.9 Å². The summed E-state index contributed by atoms with van der Waals surface area (Å²) in [5.41, 5.74) is 9.69. The summed E-state index contributed by atoms with van der Waals surface area (Å²) in [5, 5.41) is 3.29. The monoisotopic (exact) mass is 370 g/mol. The van der Waals surface area contributed by atoms with E-state index in [2.05, 4.69) is 91.7 Å². The molecule has 3 aromatic rings. The summed E-state index contributed by atoms with van der Waals surface area (Å²) in [6, 6.07) is 23.8. The van der Waals surface area contributed by atoms with Gasteiger partial charge < -0.3 is 5.32 Å². The minimum Gasteiger partial charge on any atom is -0.388 e. The van der Waals surface area contributed by atoms with Crippen LogP contribution in [0, 0.1) is 6.92 Å². The predicted molar refractivity (Wildman–Crippen MR) is 123 cm³/mol. The molecule has 0 aliphatic carbocycles. The minimum absolute atomic E-state index is 0.510. The first-order valence-corrected chi connectivity index (χ1v) is 10.0. The molecule has 0 bridgehead atoms. The van der Waals surface area contributed by atoms with E-state index >= 15 is 0 Å². The van der Waals surface area contributed by atoms with Crippen LogP contribution in [-0.2, 0) is 0 Å². The molecule has 0 saturated heterocycles. The largest absolute Gasteiger partial charge is 0.388 e. The van der Waals surface area contributed by atoms with Gasteiger partial charge in [-0.25, -0.2) is 0 Å². The quantitative estimate of drug-likeness (QED) is 0.481. The number of nitrogens with one attached hydrogen (secondary N) is 1. The highest BCUT2D eigenvalue weighted by Gasteiger charge is 2.16. The van der Waals surface area contributed by atoms with Crippen LogP contribution in [0.4, 0.5) is 5.69 Å². The molecular weight excluding hydrogens is 340 g/mol. The number of aryl methyl sites for hydroxylation is 1. The number of rotatable bonds is 6. The van der Waals surface area contributed by atoms with Crippen LogP contribution in [0.25, 0.3) is 11.1 Å². The molecule has 0 aliphatic rings. The van der Waals surface area contributed by atoms with Crippen molar-refractivity contribution in [2.24, 2.45) is 4.99 Å². The number of hydrogen-bond donors (Lipinski definition) is 1. The van der Waals surface area contributed by atoms with E-state index in [1.165, 1.54) is 22.3 Å². The van der Waals surface area contributed by atoms with Crippen molar-refractivity contribution in [1.29, 1.82) is 0 Å². The van der Waals surface area contributed by atoms with Gasteiger partial charge in [-0.1, -0.05) is 68.4 Å². The fourth-order valence-corrected chi connectivity index (χ4v) is 3.77. The van der Waals surface area contributed by atoms with Crippen LogP contribution < -0.4 is 5.32 Å². The van der Waals surface area contributed by atoms with Crippen LogP contribution in [-0.4, -0.2) is 19.8 Å². The Balaban J connectivity index is 2.20. The lowest BCUT2D eigenvalue weighted by atomic mass is 9.86. The summed E-state index contributed by atoms with van der Waals surface area (Å²) in [7, 11) is 3.83. The van der Waals surface area contributed by atoms with Crippen LogP contribution in [0.5, 0.6) is 0 Å². The number of hydrogen-bond acceptors (Lipinski definition) is 2. The highest BCUT2D eigenvalue weighted by molar-refractivity contribution is 6.16. The number of para-hydroxylation sites is 1. The van der Waals surface area contributed by atoms with Gasteiger partial charge in [-0.05, 0) is 53.6 Å². The lowest BCUT2D eigenvalue weighted by Gasteiger charge is -2.19. The first-order valence-electron chi connectivity index (χ1n) is 10.0. The molecule has 144 valence electrons. The molecule has 2 heteroatoms. The lowest BCUT2D eigenvalue weighted by molar-refractivity contribution is 0.735. The van der Waals surface area contributed by atoms with Gasteiger partial charge in [0.05, 0.1) is 5.71 Å². The second-order valence-electron chi connectivity index (χ2n) is 7.29. The van der Waals surface area contributed by atoms with Crippen molar-refractivity contribution in [3.63, 3.8) is 0 Å². The SMILES string of the molecule is CCC(C)c1ccc(C(=NC)c2ccccc2NC)cc1-c1ccccc1C. The van der Waals surface area contributed by atoms with Crippen molar-refractivity contribution in [3.8, 4) is 11.1 Å². The van der Waals surface area contributed by atoms with Crippen LogP contribution in [0.15, 0.2) is 71.7 Å². The molecule has 3 rings (SSSR count). The van der Waals surface area contributed by atoms with Crippen molar-refractivity contribution in [2.45, 2.75) is 33.1 Å². The van der Waals surface area contributed by atoms with Crippen LogP contribution in [0.3, 0.4) is 0 Å². The van der Waals surface area contributed by atoms with Crippen molar-refractivity contribution >= 4 is 11.4 Å². The van der Waals surface area contributed by atoms with Gasteiger partial charge >= 0.3 is 0 Å². The Labute approximate surface area is 169 Å². The van der Waals surface area contributed by atoms with Crippen LogP contribution in [0.2, 0.25) is 0 Å². The Morgan fingerprint density at radius 1 is 0.964 bits per heavy atom. The molecular formula is C26H30N2. The smallest absolute Gasteiger partial charge is 0.0736 e. The molecule has 3 aromatic carbocycles. The summed E-state index contributed by atoms with van der Waals surface area (Å²) < 4.78 is 0. The van der Waals surface area contributed by atoms with E-state index in [-0.39, 0.29) is 0 Å². The minimum atomic E-state index is 0.510. The summed E-state index contributed by atoms with van der Waals surface area (Å²) in [4.78, 5) is 4.67. The second kappa shape index (κ2) is 8.88. The Morgan fingerprint density at radius 3 is 2.36 bits per heavy atom. The van der Waals surface area contributed by atoms with Crippen molar-refractivity contribution in [1.82, 2.24) is 0 Å². The number of benzene rings is 3. The van der Waals surface area contributed by atoms with Crippen LogP contribution >= 0.6 is 0 Å². The summed E-state index contributed by atoms with van der Waals surface area (Å²) >= 11 is 0. The molecule has 0 spiro atoms. The summed E-state index contributed by atoms with van der Waals surface area (Å²) in [6.07, 6.45) is 1.12. The van der Waals surface area contributed by atoms with E-state index in [4.69, 9.17) is 0 Å². The molecule has 0 aliphatic heterocycles. The average Bonchev–Trinajstić information content (AvgIpc) is 2.74. The van der Waals surface area contributed by atoms with Gasteiger partial charge in [-0.3, -0.25) is 4.99 Å². The van der Waals surface area contributed by atoms with Gasteiger partial charge in [0.15, 0.2) is 0 Å². The number of anilines is 1. The Kier molecular flexibility index (Phi) is 6.30. The standard InChI is InChI=1S/C26H30N2/c1-6-18(2)22-16-15-20(17-24(22)21-12-8-7-11-19(21)3)26(28-5)23-13-9-10-14-25(23)27-4/h7-18,27H,6H2,1-5H3. The molecule has 0 fully saturated rings. The van der Waals surface area contributed by atoms with Crippen molar-refractivity contribution < 1.29 is 0 Å². The molecule has 0 amide bonds. The zero-order valence-electron chi connectivity index (χ0n) is 17.6. The van der Waals surface area contributed by atoms with E-state index in [1.807, 2.05) is 20.2 Å². The van der Waals surface area contributed by atoms with E-state index < -0.39 is 0 Å². The lowest BCUT2D eigenvalue weighted by Crippen LogP contribution is -2.08. The first-order chi connectivity index (χ1) is 13.6. The number of nitrogens with zero attached hydrogens (tertiary/aromatic N) is 1. The van der Waals surface area contributed by atoms with Gasteiger partial charge in [-0.15, -0.1) is 0 Å². The van der Waals surface area contributed by atoms with E-state index in [9.17, 15) is 0 Å². The summed E-state index contributed by atoms with van der Waals surface area (Å²) in [6.45, 7) is 6.75. The van der Waals surface area contributed by atoms with Gasteiger partial charge in [0.2, 0.25) is 0 Å². The zero-order chi connectivity index (χ0) is 20.1. The molecule has 0 aromatic heterocycles. The second-order valence-corrected chi connectivity index (χ2v) is 7.29. The fraction of sp³-hybridized carbons (Fsp3) is 0.269. The molecule has 1 unspecified atom stereocenters. The normalized spacial score (nSPS) is 12.7. The zero-order valence-corrected chi connectivity index (χ0v) is 17.6. The maximum atomic E-state index is 4.67. The molecule has 28 heavy (non-hydrogen) atoms. The fourth-order valence-electron chi connectivity index (χ4n) is 3.77. The first kappa shape index (κ1) is 19.9. The average molecular weight is 371 g/mol. The Hall–Kier alpha value is -2.87. The van der Waals surface area contributed by atoms with Gasteiger partial charge in [0.25, 0.3) is 0 Å². The van der Waals surface area contributed by atoms with Crippen molar-refractivity contribution in [3.05, 3.63) is 89.0 Å². The number of aliphatic imine (C=N–C) groups is 1. The molecule has 0 saturated carbocycles. The highest BCUT2D eigenvalue weighted by Crippen LogP contribution is 2.34. The third-order valence-corrected chi connectivity index (χ3v) is 5.58. The topological polar surface area (TPSA) is 24.4 Å². The molecule has 1 atom stereocenters. The third kappa shape index (κ3) is 3.87. The van der Waals surface area contributed by atoms with E-state index in [0.29, 0.717) is 5.92 Å². The van der Waals surface area contributed by atoms with Gasteiger partial charge in [-0.2, -0.15) is 0 Å². The summed E-state index contributed by atoms with van der Waals surface area (Å²) in [5.74, 6) is 0.510. The Morgan fingerprint density at radius 2 is 1.68 bits per heavy atom. The van der Waals surface area contributed by atoms with E-state index in [1.54, 1.807) is 0 Å². The Bertz CT molecular complexity index is 985. The van der Waals surface area contributed by atoms with Crippen LogP contribution in [0.1, 0.15) is 48.4 Å². The highest BCUT2D eigenvalue weighted by atomic mass is 14.8. The van der Waals surface area contributed by atoms with E-state index in [0.717, 1.165) is 28.9 Å². The molecule has 2 nitrogen and oxygen atoms in total. The third-order valence-electron chi connectivity index (χ3n) is 5.58. The molecule has 0 heterocycles. The maximum absolute atomic E-state index is 4.67. The van der Waals surface area contributed by atoms with Gasteiger partial charge in [0.1, 0.15) is 0 Å². The molecule has 1 N–H and O–H groups in total. The van der Waals surface area contributed by atoms with Crippen molar-refractivity contribution in [2.75, 3.05) is 19.4 Å². The maximum Gasteiger partial charge on any atom is 0.0736 e. The molecule has 0 radical (unpaired) electrons.